The van der Waals surface area contributed by atoms with Gasteiger partial charge < -0.3 is 0 Å². The van der Waals surface area contributed by atoms with Crippen LogP contribution >= 0.6 is 0 Å². The zero-order valence-corrected chi connectivity index (χ0v) is 17.2. The second-order valence-corrected chi connectivity index (χ2v) is 8.27. The molecule has 0 aromatic heterocycles. The standard InChI is InChI=1S/C30H22/c1-19-11-16-25(20(2)28(19)21-7-4-3-5-8-21)26-17-14-24-13-12-22-9-6-10-23-15-18-27(26)30(24)29(22)23/h3-18H,1-2H3. The summed E-state index contributed by atoms with van der Waals surface area (Å²) >= 11 is 0. The van der Waals surface area contributed by atoms with Crippen LogP contribution in [0.5, 0.6) is 0 Å². The summed E-state index contributed by atoms with van der Waals surface area (Å²) < 4.78 is 0. The second-order valence-electron chi connectivity index (χ2n) is 8.27. The van der Waals surface area contributed by atoms with E-state index in [1.165, 1.54) is 65.7 Å². The molecule has 142 valence electrons. The maximum absolute atomic E-state index is 2.31. The molecular weight excluding hydrogens is 360 g/mol. The van der Waals surface area contributed by atoms with E-state index in [4.69, 9.17) is 0 Å². The van der Waals surface area contributed by atoms with Crippen LogP contribution in [-0.2, 0) is 0 Å². The molecule has 6 aromatic carbocycles. The van der Waals surface area contributed by atoms with E-state index in [1.54, 1.807) is 0 Å². The molecule has 0 aliphatic rings. The lowest BCUT2D eigenvalue weighted by molar-refractivity contribution is 1.38. The quantitative estimate of drug-likeness (QED) is 0.263. The van der Waals surface area contributed by atoms with Crippen molar-refractivity contribution in [2.45, 2.75) is 13.8 Å². The highest BCUT2D eigenvalue weighted by Crippen LogP contribution is 2.41. The van der Waals surface area contributed by atoms with E-state index in [9.17, 15) is 0 Å². The Morgan fingerprint density at radius 1 is 0.467 bits per heavy atom. The SMILES string of the molecule is Cc1ccc(-c2ccc3ccc4cccc5ccc2c3c45)c(C)c1-c1ccccc1. The predicted molar refractivity (Wildman–Crippen MR) is 130 cm³/mol. The third kappa shape index (κ3) is 2.40. The van der Waals surface area contributed by atoms with Gasteiger partial charge in [0.2, 0.25) is 0 Å². The number of hydrogen-bond donors (Lipinski definition) is 0. The lowest BCUT2D eigenvalue weighted by Gasteiger charge is -2.18. The summed E-state index contributed by atoms with van der Waals surface area (Å²) in [6.45, 7) is 4.48. The maximum Gasteiger partial charge on any atom is -0.00206 e. The van der Waals surface area contributed by atoms with E-state index in [-0.39, 0.29) is 0 Å². The van der Waals surface area contributed by atoms with E-state index in [0.29, 0.717) is 0 Å². The van der Waals surface area contributed by atoms with Crippen molar-refractivity contribution in [3.63, 3.8) is 0 Å². The normalized spacial score (nSPS) is 11.7. The summed E-state index contributed by atoms with van der Waals surface area (Å²) in [5, 5.41) is 8.03. The van der Waals surface area contributed by atoms with Crippen LogP contribution in [0.25, 0.3) is 54.6 Å². The van der Waals surface area contributed by atoms with Gasteiger partial charge in [-0.15, -0.1) is 0 Å². The molecule has 6 rings (SSSR count). The van der Waals surface area contributed by atoms with Crippen LogP contribution in [0, 0.1) is 13.8 Å². The molecule has 0 bridgehead atoms. The zero-order valence-electron chi connectivity index (χ0n) is 17.2. The molecule has 0 amide bonds. The van der Waals surface area contributed by atoms with E-state index in [0.717, 1.165) is 0 Å². The molecule has 0 spiro atoms. The summed E-state index contributed by atoms with van der Waals surface area (Å²) in [5.74, 6) is 0. The van der Waals surface area contributed by atoms with Crippen molar-refractivity contribution < 1.29 is 0 Å². The van der Waals surface area contributed by atoms with Crippen molar-refractivity contribution in [2.24, 2.45) is 0 Å². The van der Waals surface area contributed by atoms with Gasteiger partial charge in [0, 0.05) is 0 Å². The topological polar surface area (TPSA) is 0 Å². The molecule has 0 aliphatic carbocycles. The molecule has 0 atom stereocenters. The van der Waals surface area contributed by atoms with Crippen LogP contribution < -0.4 is 0 Å². The van der Waals surface area contributed by atoms with Gasteiger partial charge in [0.25, 0.3) is 0 Å². The Bertz CT molecular complexity index is 1520. The van der Waals surface area contributed by atoms with Crippen molar-refractivity contribution in [2.75, 3.05) is 0 Å². The summed E-state index contributed by atoms with van der Waals surface area (Å²) in [5.41, 5.74) is 7.93. The molecule has 0 saturated heterocycles. The highest BCUT2D eigenvalue weighted by molar-refractivity contribution is 6.25. The van der Waals surface area contributed by atoms with Gasteiger partial charge in [-0.1, -0.05) is 97.1 Å². The summed E-state index contributed by atoms with van der Waals surface area (Å²) in [6.07, 6.45) is 0. The largest absolute Gasteiger partial charge is 0.0622 e. The molecule has 0 fully saturated rings. The van der Waals surface area contributed by atoms with Gasteiger partial charge in [0.1, 0.15) is 0 Å². The molecule has 0 nitrogen and oxygen atoms in total. The number of hydrogen-bond acceptors (Lipinski definition) is 0. The molecule has 0 aliphatic heterocycles. The molecular formula is C30H22. The Hall–Kier alpha value is -3.64. The Morgan fingerprint density at radius 3 is 1.87 bits per heavy atom. The Balaban J connectivity index is 1.70. The molecule has 30 heavy (non-hydrogen) atoms. The van der Waals surface area contributed by atoms with Crippen molar-refractivity contribution >= 4 is 32.3 Å². The first-order chi connectivity index (χ1) is 14.7. The van der Waals surface area contributed by atoms with Crippen LogP contribution in [0.15, 0.2) is 97.1 Å². The number of benzene rings is 6. The van der Waals surface area contributed by atoms with Gasteiger partial charge in [-0.05, 0) is 79.5 Å². The third-order valence-corrected chi connectivity index (χ3v) is 6.55. The first-order valence-corrected chi connectivity index (χ1v) is 10.5. The Labute approximate surface area is 176 Å². The van der Waals surface area contributed by atoms with Crippen LogP contribution in [0.3, 0.4) is 0 Å². The highest BCUT2D eigenvalue weighted by atomic mass is 14.2. The minimum absolute atomic E-state index is 1.28. The smallest absolute Gasteiger partial charge is 0.00206 e. The fourth-order valence-electron chi connectivity index (χ4n) is 5.16. The lowest BCUT2D eigenvalue weighted by Crippen LogP contribution is -1.93. The van der Waals surface area contributed by atoms with Gasteiger partial charge in [0.15, 0.2) is 0 Å². The van der Waals surface area contributed by atoms with Crippen LogP contribution in [0.2, 0.25) is 0 Å². The van der Waals surface area contributed by atoms with Gasteiger partial charge in [-0.2, -0.15) is 0 Å². The molecule has 0 saturated carbocycles. The average Bonchev–Trinajstić information content (AvgIpc) is 2.79. The van der Waals surface area contributed by atoms with Gasteiger partial charge in [-0.25, -0.2) is 0 Å². The minimum atomic E-state index is 1.28. The van der Waals surface area contributed by atoms with Crippen LogP contribution in [-0.4, -0.2) is 0 Å². The van der Waals surface area contributed by atoms with Gasteiger partial charge in [-0.3, -0.25) is 0 Å². The van der Waals surface area contributed by atoms with Crippen molar-refractivity contribution in [3.05, 3.63) is 108 Å². The Morgan fingerprint density at radius 2 is 1.10 bits per heavy atom. The summed E-state index contributed by atoms with van der Waals surface area (Å²) in [7, 11) is 0. The first-order valence-electron chi connectivity index (χ1n) is 10.5. The second kappa shape index (κ2) is 6.43. The van der Waals surface area contributed by atoms with E-state index >= 15 is 0 Å². The number of rotatable bonds is 2. The Kier molecular flexibility index (Phi) is 3.70. The maximum atomic E-state index is 2.31. The zero-order chi connectivity index (χ0) is 20.2. The average molecular weight is 383 g/mol. The predicted octanol–water partition coefficient (Wildman–Crippen LogP) is 8.53. The van der Waals surface area contributed by atoms with Crippen molar-refractivity contribution in [1.29, 1.82) is 0 Å². The van der Waals surface area contributed by atoms with E-state index in [1.807, 2.05) is 0 Å². The van der Waals surface area contributed by atoms with Crippen molar-refractivity contribution in [3.8, 4) is 22.3 Å². The van der Waals surface area contributed by atoms with Crippen LogP contribution in [0.4, 0.5) is 0 Å². The fourth-order valence-corrected chi connectivity index (χ4v) is 5.16. The molecule has 0 heteroatoms. The first kappa shape index (κ1) is 17.2. The third-order valence-electron chi connectivity index (χ3n) is 6.55. The fraction of sp³-hybridized carbons (Fsp3) is 0.0667. The number of aryl methyl sites for hydroxylation is 1. The summed E-state index contributed by atoms with van der Waals surface area (Å²) in [6, 6.07) is 35.6. The molecule has 0 N–H and O–H groups in total. The van der Waals surface area contributed by atoms with E-state index < -0.39 is 0 Å². The monoisotopic (exact) mass is 382 g/mol. The minimum Gasteiger partial charge on any atom is -0.0622 e. The highest BCUT2D eigenvalue weighted by Gasteiger charge is 2.15. The molecule has 0 radical (unpaired) electrons. The lowest BCUT2D eigenvalue weighted by atomic mass is 9.85. The van der Waals surface area contributed by atoms with Gasteiger partial charge >= 0.3 is 0 Å². The van der Waals surface area contributed by atoms with Crippen molar-refractivity contribution in [1.82, 2.24) is 0 Å². The molecule has 0 unspecified atom stereocenters. The molecule has 0 heterocycles. The van der Waals surface area contributed by atoms with Gasteiger partial charge in [0.05, 0.1) is 0 Å². The van der Waals surface area contributed by atoms with E-state index in [2.05, 4.69) is 111 Å². The summed E-state index contributed by atoms with van der Waals surface area (Å²) in [4.78, 5) is 0. The molecule has 6 aromatic rings. The van der Waals surface area contributed by atoms with Crippen LogP contribution in [0.1, 0.15) is 11.1 Å².